The van der Waals surface area contributed by atoms with Crippen molar-refractivity contribution in [1.82, 2.24) is 14.4 Å². The van der Waals surface area contributed by atoms with Crippen molar-refractivity contribution in [2.45, 2.75) is 26.4 Å². The van der Waals surface area contributed by atoms with E-state index in [0.29, 0.717) is 25.3 Å². The SMILES string of the molecule is COCCN(Cc1cccn1C)C(=O)CN(C(=O)c1ccc(Br)cc1)C(C)C. The van der Waals surface area contributed by atoms with Gasteiger partial charge in [0.25, 0.3) is 5.91 Å². The normalized spacial score (nSPS) is 10.9. The molecule has 0 fully saturated rings. The molecule has 152 valence electrons. The number of methoxy groups -OCH3 is 1. The number of rotatable bonds is 9. The Labute approximate surface area is 175 Å². The summed E-state index contributed by atoms with van der Waals surface area (Å²) in [5.74, 6) is -0.251. The van der Waals surface area contributed by atoms with Crippen LogP contribution in [0.15, 0.2) is 47.1 Å². The van der Waals surface area contributed by atoms with Gasteiger partial charge in [-0.25, -0.2) is 0 Å². The van der Waals surface area contributed by atoms with Crippen LogP contribution in [0.25, 0.3) is 0 Å². The molecule has 1 aromatic carbocycles. The fraction of sp³-hybridized carbons (Fsp3) is 0.429. The number of carbonyl (C=O) groups is 2. The number of aryl methyl sites for hydroxylation is 1. The number of amides is 2. The number of hydrogen-bond donors (Lipinski definition) is 0. The summed E-state index contributed by atoms with van der Waals surface area (Å²) in [6.45, 7) is 5.25. The van der Waals surface area contributed by atoms with Crippen molar-refractivity contribution in [3.05, 3.63) is 58.3 Å². The third-order valence-corrected chi connectivity index (χ3v) is 5.13. The van der Waals surface area contributed by atoms with Gasteiger partial charge in [0.2, 0.25) is 5.91 Å². The third-order valence-electron chi connectivity index (χ3n) is 4.60. The molecule has 1 heterocycles. The summed E-state index contributed by atoms with van der Waals surface area (Å²) < 4.78 is 8.06. The van der Waals surface area contributed by atoms with Crippen LogP contribution in [0.2, 0.25) is 0 Å². The van der Waals surface area contributed by atoms with Gasteiger partial charge in [-0.15, -0.1) is 0 Å². The standard InChI is InChI=1S/C21H28BrN3O3/c1-16(2)25(21(27)17-7-9-18(22)10-8-17)15-20(26)24(12-13-28-4)14-19-6-5-11-23(19)3/h5-11,16H,12-15H2,1-4H3. The van der Waals surface area contributed by atoms with Gasteiger partial charge in [0.15, 0.2) is 0 Å². The minimum Gasteiger partial charge on any atom is -0.383 e. The second-order valence-electron chi connectivity index (χ2n) is 6.95. The zero-order valence-corrected chi connectivity index (χ0v) is 18.5. The highest BCUT2D eigenvalue weighted by molar-refractivity contribution is 9.10. The largest absolute Gasteiger partial charge is 0.383 e. The van der Waals surface area contributed by atoms with Crippen molar-refractivity contribution in [1.29, 1.82) is 0 Å². The molecule has 0 atom stereocenters. The second-order valence-corrected chi connectivity index (χ2v) is 7.87. The molecule has 0 bridgehead atoms. The summed E-state index contributed by atoms with van der Waals surface area (Å²) >= 11 is 3.38. The quantitative estimate of drug-likeness (QED) is 0.589. The minimum atomic E-state index is -0.151. The van der Waals surface area contributed by atoms with Gasteiger partial charge >= 0.3 is 0 Å². The molecular formula is C21H28BrN3O3. The fourth-order valence-corrected chi connectivity index (χ4v) is 3.11. The summed E-state index contributed by atoms with van der Waals surface area (Å²) in [6.07, 6.45) is 1.95. The second kappa shape index (κ2) is 10.4. The maximum Gasteiger partial charge on any atom is 0.254 e. The van der Waals surface area contributed by atoms with Crippen molar-refractivity contribution in [2.75, 3.05) is 26.8 Å². The first-order valence-corrected chi connectivity index (χ1v) is 10.1. The molecule has 0 saturated carbocycles. The van der Waals surface area contributed by atoms with Gasteiger partial charge in [-0.1, -0.05) is 15.9 Å². The molecule has 1 aromatic heterocycles. The predicted molar refractivity (Wildman–Crippen MR) is 113 cm³/mol. The van der Waals surface area contributed by atoms with Crippen LogP contribution in [-0.4, -0.2) is 59.0 Å². The van der Waals surface area contributed by atoms with Gasteiger partial charge in [0.05, 0.1) is 13.2 Å². The van der Waals surface area contributed by atoms with Crippen molar-refractivity contribution < 1.29 is 14.3 Å². The number of benzene rings is 1. The Morgan fingerprint density at radius 2 is 1.86 bits per heavy atom. The Hall–Kier alpha value is -2.12. The lowest BCUT2D eigenvalue weighted by molar-refractivity contribution is -0.133. The third kappa shape index (κ3) is 5.94. The van der Waals surface area contributed by atoms with E-state index < -0.39 is 0 Å². The summed E-state index contributed by atoms with van der Waals surface area (Å²) in [5, 5.41) is 0. The molecule has 28 heavy (non-hydrogen) atoms. The lowest BCUT2D eigenvalue weighted by Gasteiger charge is -2.30. The minimum absolute atomic E-state index is 0.0285. The average Bonchev–Trinajstić information content (AvgIpc) is 3.07. The van der Waals surface area contributed by atoms with E-state index in [9.17, 15) is 9.59 Å². The van der Waals surface area contributed by atoms with Gasteiger partial charge in [-0.3, -0.25) is 9.59 Å². The highest BCUT2D eigenvalue weighted by Gasteiger charge is 2.24. The number of carbonyl (C=O) groups excluding carboxylic acids is 2. The van der Waals surface area contributed by atoms with Crippen LogP contribution in [0.4, 0.5) is 0 Å². The molecule has 6 nitrogen and oxygen atoms in total. The topological polar surface area (TPSA) is 54.8 Å². The molecule has 0 spiro atoms. The Morgan fingerprint density at radius 1 is 1.18 bits per heavy atom. The van der Waals surface area contributed by atoms with E-state index in [4.69, 9.17) is 4.74 Å². The van der Waals surface area contributed by atoms with Gasteiger partial charge in [-0.05, 0) is 50.2 Å². The van der Waals surface area contributed by atoms with Gasteiger partial charge in [0, 0.05) is 48.7 Å². The first kappa shape index (κ1) is 22.2. The van der Waals surface area contributed by atoms with Crippen LogP contribution in [0.5, 0.6) is 0 Å². The maximum atomic E-state index is 13.1. The van der Waals surface area contributed by atoms with E-state index in [1.165, 1.54) is 0 Å². The molecule has 0 aliphatic carbocycles. The monoisotopic (exact) mass is 449 g/mol. The summed E-state index contributed by atoms with van der Waals surface area (Å²) in [5.41, 5.74) is 1.59. The predicted octanol–water partition coefficient (Wildman–Crippen LogP) is 3.31. The van der Waals surface area contributed by atoms with E-state index >= 15 is 0 Å². The van der Waals surface area contributed by atoms with Gasteiger partial charge < -0.3 is 19.1 Å². The van der Waals surface area contributed by atoms with Crippen LogP contribution in [0.3, 0.4) is 0 Å². The molecular weight excluding hydrogens is 422 g/mol. The molecule has 0 aliphatic rings. The number of halogens is 1. The summed E-state index contributed by atoms with van der Waals surface area (Å²) in [7, 11) is 3.56. The molecule has 0 saturated heterocycles. The molecule has 2 aromatic rings. The summed E-state index contributed by atoms with van der Waals surface area (Å²) in [6, 6.07) is 11.0. The number of nitrogens with zero attached hydrogens (tertiary/aromatic N) is 3. The maximum absolute atomic E-state index is 13.1. The number of aromatic nitrogens is 1. The van der Waals surface area contributed by atoms with Gasteiger partial charge in [0.1, 0.15) is 6.54 Å². The smallest absolute Gasteiger partial charge is 0.254 e. The van der Waals surface area contributed by atoms with E-state index in [2.05, 4.69) is 15.9 Å². The van der Waals surface area contributed by atoms with Crippen molar-refractivity contribution >= 4 is 27.7 Å². The Balaban J connectivity index is 2.15. The van der Waals surface area contributed by atoms with E-state index in [1.54, 1.807) is 29.0 Å². The first-order chi connectivity index (χ1) is 13.3. The first-order valence-electron chi connectivity index (χ1n) is 9.27. The zero-order chi connectivity index (χ0) is 20.7. The molecule has 0 aliphatic heterocycles. The highest BCUT2D eigenvalue weighted by atomic mass is 79.9. The van der Waals surface area contributed by atoms with Crippen LogP contribution < -0.4 is 0 Å². The van der Waals surface area contributed by atoms with E-state index in [0.717, 1.165) is 10.2 Å². The van der Waals surface area contributed by atoms with Crippen molar-refractivity contribution in [2.24, 2.45) is 7.05 Å². The van der Waals surface area contributed by atoms with E-state index in [1.807, 2.05) is 55.9 Å². The van der Waals surface area contributed by atoms with Crippen molar-refractivity contribution in [3.63, 3.8) is 0 Å². The Bertz CT molecular complexity index is 786. The lowest BCUT2D eigenvalue weighted by Crippen LogP contribution is -2.46. The molecule has 0 N–H and O–H groups in total. The van der Waals surface area contributed by atoms with Crippen LogP contribution in [0.1, 0.15) is 29.9 Å². The molecule has 2 rings (SSSR count). The number of ether oxygens (including phenoxy) is 1. The zero-order valence-electron chi connectivity index (χ0n) is 16.9. The number of hydrogen-bond acceptors (Lipinski definition) is 3. The average molecular weight is 450 g/mol. The molecule has 0 radical (unpaired) electrons. The van der Waals surface area contributed by atoms with Gasteiger partial charge in [-0.2, -0.15) is 0 Å². The van der Waals surface area contributed by atoms with E-state index in [-0.39, 0.29) is 24.4 Å². The van der Waals surface area contributed by atoms with Crippen LogP contribution in [0, 0.1) is 0 Å². The Morgan fingerprint density at radius 3 is 2.39 bits per heavy atom. The Kier molecular flexibility index (Phi) is 8.26. The highest BCUT2D eigenvalue weighted by Crippen LogP contribution is 2.15. The van der Waals surface area contributed by atoms with Crippen LogP contribution in [-0.2, 0) is 23.1 Å². The lowest BCUT2D eigenvalue weighted by atomic mass is 10.1. The molecule has 7 heteroatoms. The molecule has 2 amide bonds. The molecule has 0 unspecified atom stereocenters. The fourth-order valence-electron chi connectivity index (χ4n) is 2.84. The summed E-state index contributed by atoms with van der Waals surface area (Å²) in [4.78, 5) is 29.3. The van der Waals surface area contributed by atoms with Crippen LogP contribution >= 0.6 is 15.9 Å². The van der Waals surface area contributed by atoms with Crippen molar-refractivity contribution in [3.8, 4) is 0 Å².